The summed E-state index contributed by atoms with van der Waals surface area (Å²) >= 11 is 0. The van der Waals surface area contributed by atoms with Gasteiger partial charge in [-0.05, 0) is 65.5 Å². The molecule has 0 aliphatic heterocycles. The van der Waals surface area contributed by atoms with Gasteiger partial charge in [-0.3, -0.25) is 9.78 Å². The van der Waals surface area contributed by atoms with Crippen molar-refractivity contribution in [2.75, 3.05) is 6.26 Å². The molecule has 0 atom stereocenters. The number of carbonyl (C=O) groups is 1. The molecule has 1 saturated carbocycles. The SMILES string of the molecule is CC(C)Cn1ccc2cc(Cc3ncc(C4CC4)cc3C(=O)NS(C)(=O)=O)ccc21. The molecule has 6 nitrogen and oxygen atoms in total. The Morgan fingerprint density at radius 3 is 2.67 bits per heavy atom. The molecule has 1 aromatic carbocycles. The summed E-state index contributed by atoms with van der Waals surface area (Å²) in [5, 5.41) is 1.14. The molecule has 1 aliphatic rings. The van der Waals surface area contributed by atoms with E-state index in [1.165, 1.54) is 5.52 Å². The number of sulfonamides is 1. The number of hydrogen-bond donors (Lipinski definition) is 1. The highest BCUT2D eigenvalue weighted by Gasteiger charge is 2.26. The molecule has 1 N–H and O–H groups in total. The minimum atomic E-state index is -3.64. The average Bonchev–Trinajstić information content (AvgIpc) is 3.43. The Kier molecular flexibility index (Phi) is 5.40. The number of benzene rings is 1. The average molecular weight is 426 g/mol. The summed E-state index contributed by atoms with van der Waals surface area (Å²) < 4.78 is 27.5. The van der Waals surface area contributed by atoms with Crippen LogP contribution in [0.4, 0.5) is 0 Å². The molecule has 1 amide bonds. The Hall–Kier alpha value is -2.67. The second kappa shape index (κ2) is 7.87. The van der Waals surface area contributed by atoms with E-state index in [0.29, 0.717) is 29.5 Å². The first-order chi connectivity index (χ1) is 14.2. The quantitative estimate of drug-likeness (QED) is 0.623. The van der Waals surface area contributed by atoms with Gasteiger partial charge < -0.3 is 4.57 Å². The van der Waals surface area contributed by atoms with Crippen molar-refractivity contribution in [3.05, 3.63) is 65.1 Å². The van der Waals surface area contributed by atoms with Crippen LogP contribution in [0.25, 0.3) is 10.9 Å². The van der Waals surface area contributed by atoms with E-state index >= 15 is 0 Å². The monoisotopic (exact) mass is 425 g/mol. The highest BCUT2D eigenvalue weighted by atomic mass is 32.2. The van der Waals surface area contributed by atoms with Crippen LogP contribution in [0.3, 0.4) is 0 Å². The minimum absolute atomic E-state index is 0.335. The van der Waals surface area contributed by atoms with Crippen LogP contribution < -0.4 is 4.72 Å². The summed E-state index contributed by atoms with van der Waals surface area (Å²) in [4.78, 5) is 17.2. The second-order valence-electron chi connectivity index (χ2n) is 8.67. The molecule has 0 radical (unpaired) electrons. The Morgan fingerprint density at radius 2 is 2.00 bits per heavy atom. The highest BCUT2D eigenvalue weighted by molar-refractivity contribution is 7.89. The molecule has 7 heteroatoms. The van der Waals surface area contributed by atoms with Crippen molar-refractivity contribution in [3.63, 3.8) is 0 Å². The van der Waals surface area contributed by atoms with Gasteiger partial charge in [0.1, 0.15) is 0 Å². The van der Waals surface area contributed by atoms with Gasteiger partial charge in [-0.25, -0.2) is 13.1 Å². The van der Waals surface area contributed by atoms with Gasteiger partial charge in [-0.2, -0.15) is 0 Å². The number of carbonyl (C=O) groups excluding carboxylic acids is 1. The van der Waals surface area contributed by atoms with E-state index in [-0.39, 0.29) is 0 Å². The van der Waals surface area contributed by atoms with E-state index in [1.54, 1.807) is 6.07 Å². The Morgan fingerprint density at radius 1 is 1.23 bits per heavy atom. The van der Waals surface area contributed by atoms with Gasteiger partial charge in [0.25, 0.3) is 5.91 Å². The molecule has 4 rings (SSSR count). The van der Waals surface area contributed by atoms with Gasteiger partial charge in [0.2, 0.25) is 10.0 Å². The van der Waals surface area contributed by atoms with Crippen molar-refractivity contribution >= 4 is 26.8 Å². The summed E-state index contributed by atoms with van der Waals surface area (Å²) in [5.74, 6) is 0.366. The smallest absolute Gasteiger partial charge is 0.266 e. The highest BCUT2D eigenvalue weighted by Crippen LogP contribution is 2.40. The van der Waals surface area contributed by atoms with Gasteiger partial charge in [-0.15, -0.1) is 0 Å². The molecule has 0 bridgehead atoms. The van der Waals surface area contributed by atoms with Crippen molar-refractivity contribution in [2.24, 2.45) is 5.92 Å². The number of amides is 1. The van der Waals surface area contributed by atoms with Gasteiger partial charge in [-0.1, -0.05) is 19.9 Å². The lowest BCUT2D eigenvalue weighted by molar-refractivity contribution is 0.0980. The van der Waals surface area contributed by atoms with Crippen molar-refractivity contribution in [1.82, 2.24) is 14.3 Å². The molecule has 2 heterocycles. The van der Waals surface area contributed by atoms with Crippen LogP contribution in [0.15, 0.2) is 42.7 Å². The lowest BCUT2D eigenvalue weighted by Gasteiger charge is -2.12. The van der Waals surface area contributed by atoms with E-state index in [2.05, 4.69) is 52.5 Å². The largest absolute Gasteiger partial charge is 0.347 e. The van der Waals surface area contributed by atoms with Crippen molar-refractivity contribution in [1.29, 1.82) is 0 Å². The molecular weight excluding hydrogens is 398 g/mol. The third kappa shape index (κ3) is 4.73. The molecule has 1 fully saturated rings. The van der Waals surface area contributed by atoms with Crippen molar-refractivity contribution in [3.8, 4) is 0 Å². The fourth-order valence-corrected chi connectivity index (χ4v) is 4.26. The van der Waals surface area contributed by atoms with Gasteiger partial charge in [0.15, 0.2) is 0 Å². The third-order valence-corrected chi connectivity index (χ3v) is 5.89. The van der Waals surface area contributed by atoms with Crippen molar-refractivity contribution in [2.45, 2.75) is 45.6 Å². The Bertz CT molecular complexity index is 1210. The van der Waals surface area contributed by atoms with Gasteiger partial charge in [0.05, 0.1) is 17.5 Å². The molecule has 158 valence electrons. The molecule has 2 aromatic heterocycles. The summed E-state index contributed by atoms with van der Waals surface area (Å²) in [5.41, 5.74) is 4.13. The van der Waals surface area contributed by atoms with Crippen LogP contribution in [-0.4, -0.2) is 30.1 Å². The van der Waals surface area contributed by atoms with E-state index in [0.717, 1.165) is 42.2 Å². The maximum atomic E-state index is 12.7. The first-order valence-corrected chi connectivity index (χ1v) is 12.2. The van der Waals surface area contributed by atoms with E-state index in [4.69, 9.17) is 0 Å². The van der Waals surface area contributed by atoms with Crippen molar-refractivity contribution < 1.29 is 13.2 Å². The summed E-state index contributed by atoms with van der Waals surface area (Å²) in [7, 11) is -3.64. The number of nitrogens with one attached hydrogen (secondary N) is 1. The van der Waals surface area contributed by atoms with Crippen LogP contribution in [0.2, 0.25) is 0 Å². The third-order valence-electron chi connectivity index (χ3n) is 5.33. The summed E-state index contributed by atoms with van der Waals surface area (Å²) in [6.07, 6.45) is 7.53. The second-order valence-corrected chi connectivity index (χ2v) is 10.4. The number of fused-ring (bicyclic) bond motifs is 1. The van der Waals surface area contributed by atoms with Crippen LogP contribution in [0.5, 0.6) is 0 Å². The molecule has 0 spiro atoms. The molecular formula is C23H27N3O3S. The Labute approximate surface area is 177 Å². The topological polar surface area (TPSA) is 81.1 Å². The van der Waals surface area contributed by atoms with E-state index in [9.17, 15) is 13.2 Å². The normalized spacial score (nSPS) is 14.4. The molecule has 0 unspecified atom stereocenters. The van der Waals surface area contributed by atoms with Gasteiger partial charge >= 0.3 is 0 Å². The number of hydrogen-bond acceptors (Lipinski definition) is 4. The molecule has 0 saturated heterocycles. The number of pyridine rings is 1. The van der Waals surface area contributed by atoms with Gasteiger partial charge in [0, 0.05) is 30.9 Å². The van der Waals surface area contributed by atoms with Crippen LogP contribution >= 0.6 is 0 Å². The zero-order valence-electron chi connectivity index (χ0n) is 17.6. The van der Waals surface area contributed by atoms with E-state index in [1.807, 2.05) is 12.3 Å². The zero-order valence-corrected chi connectivity index (χ0v) is 18.4. The van der Waals surface area contributed by atoms with Crippen LogP contribution in [0.1, 0.15) is 59.8 Å². The lowest BCUT2D eigenvalue weighted by Crippen LogP contribution is -2.30. The lowest BCUT2D eigenvalue weighted by atomic mass is 10.0. The van der Waals surface area contributed by atoms with Crippen LogP contribution in [0, 0.1) is 5.92 Å². The molecule has 1 aliphatic carbocycles. The zero-order chi connectivity index (χ0) is 21.5. The standard InChI is InChI=1S/C23H27N3O3S/c1-15(2)14-26-9-8-18-10-16(4-7-22(18)26)11-21-20(23(27)25-30(3,28)29)12-19(13-24-21)17-5-6-17/h4,7-10,12-13,15,17H,5-6,11,14H2,1-3H3,(H,25,27). The summed E-state index contributed by atoms with van der Waals surface area (Å²) in [6.45, 7) is 5.35. The number of nitrogens with zero attached hydrogens (tertiary/aromatic N) is 2. The first-order valence-electron chi connectivity index (χ1n) is 10.3. The van der Waals surface area contributed by atoms with E-state index < -0.39 is 15.9 Å². The predicted molar refractivity (Wildman–Crippen MR) is 118 cm³/mol. The fourth-order valence-electron chi connectivity index (χ4n) is 3.82. The summed E-state index contributed by atoms with van der Waals surface area (Å²) in [6, 6.07) is 10.2. The van der Waals surface area contributed by atoms with Crippen LogP contribution in [-0.2, 0) is 23.0 Å². The molecule has 3 aromatic rings. The fraction of sp³-hybridized carbons (Fsp3) is 0.391. The minimum Gasteiger partial charge on any atom is -0.347 e. The molecule has 30 heavy (non-hydrogen) atoms. The maximum absolute atomic E-state index is 12.7. The first kappa shape index (κ1) is 20.6. The Balaban J connectivity index is 1.65. The predicted octanol–water partition coefficient (Wildman–Crippen LogP) is 3.85. The number of aromatic nitrogens is 2. The number of rotatable bonds is 7. The maximum Gasteiger partial charge on any atom is 0.266 e.